The van der Waals surface area contributed by atoms with Crippen molar-refractivity contribution in [2.75, 3.05) is 20.2 Å². The molecule has 1 aromatic heterocycles. The number of phosphoric ester groups is 1. The summed E-state index contributed by atoms with van der Waals surface area (Å²) in [6.07, 6.45) is 31.9. The zero-order valence-electron chi connectivity index (χ0n) is 45.2. The summed E-state index contributed by atoms with van der Waals surface area (Å²) in [7, 11) is -4.85. The Labute approximate surface area is 432 Å². The van der Waals surface area contributed by atoms with Crippen LogP contribution in [0.3, 0.4) is 0 Å². The number of rotatable bonds is 48. The van der Waals surface area contributed by atoms with Crippen LogP contribution in [0.25, 0.3) is 0 Å². The molecule has 2 heterocycles. The molecule has 0 N–H and O–H groups in total. The molecule has 1 fully saturated rings. The second-order valence-electron chi connectivity index (χ2n) is 19.9. The molecule has 0 bridgehead atoms. The second kappa shape index (κ2) is 41.5. The third-order valence-electron chi connectivity index (χ3n) is 13.3. The first-order valence-electron chi connectivity index (χ1n) is 28.5. The number of esters is 3. The van der Waals surface area contributed by atoms with E-state index in [1.54, 1.807) is 0 Å². The van der Waals surface area contributed by atoms with Crippen LogP contribution in [0.2, 0.25) is 0 Å². The van der Waals surface area contributed by atoms with E-state index >= 15 is 8.78 Å². The lowest BCUT2D eigenvalue weighted by Gasteiger charge is -2.25. The quantitative estimate of drug-likeness (QED) is 0.0199. The Balaban J connectivity index is 2.02. The number of alkyl halides is 2. The zero-order chi connectivity index (χ0) is 52.6. The Morgan fingerprint density at radius 3 is 1.28 bits per heavy atom. The molecule has 0 amide bonds. The van der Waals surface area contributed by atoms with Gasteiger partial charge < -0.3 is 18.9 Å². The Morgan fingerprint density at radius 2 is 0.917 bits per heavy atom. The average molecular weight is 1050 g/mol. The third-order valence-corrected chi connectivity index (χ3v) is 14.6. The van der Waals surface area contributed by atoms with E-state index in [0.29, 0.717) is 23.8 Å². The number of unbranched alkanes of at least 4 members (excludes halogenated alkanes) is 31. The van der Waals surface area contributed by atoms with Crippen molar-refractivity contribution in [1.82, 2.24) is 9.55 Å². The van der Waals surface area contributed by atoms with Crippen LogP contribution < -0.4 is 5.69 Å². The number of hydrogen-bond acceptors (Lipinski definition) is 13. The summed E-state index contributed by atoms with van der Waals surface area (Å²) in [4.78, 5) is 54.9. The van der Waals surface area contributed by atoms with Crippen molar-refractivity contribution in [3.63, 3.8) is 0 Å². The highest BCUT2D eigenvalue weighted by Crippen LogP contribution is 2.51. The molecule has 0 aromatic carbocycles. The summed E-state index contributed by atoms with van der Waals surface area (Å²) in [5.74, 6) is -6.12. The molecule has 1 aromatic rings. The van der Waals surface area contributed by atoms with E-state index in [0.717, 1.165) is 89.7 Å². The van der Waals surface area contributed by atoms with Crippen LogP contribution in [-0.2, 0) is 51.5 Å². The molecule has 1 aliphatic heterocycles. The van der Waals surface area contributed by atoms with E-state index in [1.807, 2.05) is 0 Å². The van der Waals surface area contributed by atoms with Crippen LogP contribution in [0.5, 0.6) is 0 Å². The number of halogens is 2. The Bertz CT molecular complexity index is 1620. The lowest BCUT2D eigenvalue weighted by molar-refractivity contribution is -0.176. The Morgan fingerprint density at radius 1 is 0.569 bits per heavy atom. The van der Waals surface area contributed by atoms with Gasteiger partial charge in [-0.2, -0.15) is 13.8 Å². The molecule has 3 atom stereocenters. The fraction of sp³-hybridized carbons (Fsp3) is 0.873. The predicted molar refractivity (Wildman–Crippen MR) is 277 cm³/mol. The topological polar surface area (TPSA) is 168 Å². The van der Waals surface area contributed by atoms with Crippen molar-refractivity contribution in [2.45, 2.75) is 290 Å². The van der Waals surface area contributed by atoms with Gasteiger partial charge in [-0.15, -0.1) is 0 Å². The van der Waals surface area contributed by atoms with Gasteiger partial charge in [0.05, 0.1) is 6.61 Å². The molecule has 0 spiro atoms. The van der Waals surface area contributed by atoms with Crippen LogP contribution in [0, 0.1) is 6.92 Å². The van der Waals surface area contributed by atoms with Gasteiger partial charge in [0.25, 0.3) is 0 Å². The lowest BCUT2D eigenvalue weighted by Crippen LogP contribution is -2.44. The number of phosphoric acid groups is 1. The molecule has 0 radical (unpaired) electrons. The predicted octanol–water partition coefficient (Wildman–Crippen LogP) is 15.6. The van der Waals surface area contributed by atoms with Gasteiger partial charge in [0.2, 0.25) is 19.8 Å². The molecular formula is C55H97F2N2O12P. The van der Waals surface area contributed by atoms with Crippen molar-refractivity contribution in [2.24, 2.45) is 0 Å². The van der Waals surface area contributed by atoms with Gasteiger partial charge in [-0.3, -0.25) is 23.5 Å². The number of ether oxygens (including phenoxy) is 4. The summed E-state index contributed by atoms with van der Waals surface area (Å²) in [6.45, 7) is 5.42. The molecule has 0 unspecified atom stereocenters. The van der Waals surface area contributed by atoms with E-state index in [4.69, 9.17) is 32.5 Å². The van der Waals surface area contributed by atoms with Crippen molar-refractivity contribution in [3.8, 4) is 0 Å². The molecule has 17 heteroatoms. The van der Waals surface area contributed by atoms with Crippen molar-refractivity contribution >= 4 is 25.7 Å². The summed E-state index contributed by atoms with van der Waals surface area (Å²) < 4.78 is 84.9. The monoisotopic (exact) mass is 1050 g/mol. The highest BCUT2D eigenvalue weighted by Gasteiger charge is 2.63. The summed E-state index contributed by atoms with van der Waals surface area (Å²) in [6, 6.07) is 1.35. The molecular weight excluding hydrogens is 950 g/mol. The normalized spacial score (nSPS) is 16.6. The Hall–Kier alpha value is -2.78. The van der Waals surface area contributed by atoms with Crippen molar-refractivity contribution in [1.29, 1.82) is 0 Å². The van der Waals surface area contributed by atoms with E-state index in [-0.39, 0.29) is 25.0 Å². The maximum Gasteiger partial charge on any atom is 0.480 e. The molecule has 72 heavy (non-hydrogen) atoms. The van der Waals surface area contributed by atoms with E-state index in [9.17, 15) is 23.7 Å². The molecule has 2 rings (SSSR count). The largest absolute Gasteiger partial charge is 0.480 e. The van der Waals surface area contributed by atoms with Crippen LogP contribution in [-0.4, -0.2) is 65.8 Å². The molecule has 0 aliphatic carbocycles. The average Bonchev–Trinajstić information content (AvgIpc) is 3.59. The van der Waals surface area contributed by atoms with Gasteiger partial charge in [-0.1, -0.05) is 220 Å². The van der Waals surface area contributed by atoms with Crippen LogP contribution in [0.15, 0.2) is 17.1 Å². The minimum Gasteiger partial charge on any atom is -0.453 e. The fourth-order valence-corrected chi connectivity index (χ4v) is 9.75. The zero-order valence-corrected chi connectivity index (χ0v) is 46.1. The van der Waals surface area contributed by atoms with Gasteiger partial charge >= 0.3 is 37.3 Å². The van der Waals surface area contributed by atoms with Gasteiger partial charge in [-0.05, 0) is 32.3 Å². The maximum absolute atomic E-state index is 16.4. The van der Waals surface area contributed by atoms with E-state index in [1.165, 1.54) is 129 Å². The molecule has 0 saturated carbocycles. The summed E-state index contributed by atoms with van der Waals surface area (Å²) in [5.41, 5.74) is -0.734. The molecule has 1 aliphatic rings. The number of carbonyl (C=O) groups is 3. The minimum absolute atomic E-state index is 0.0917. The molecule has 1 saturated heterocycles. The first-order valence-corrected chi connectivity index (χ1v) is 30.0. The molecule has 418 valence electrons. The van der Waals surface area contributed by atoms with Crippen LogP contribution in [0.4, 0.5) is 8.78 Å². The van der Waals surface area contributed by atoms with E-state index < -0.39 is 76.0 Å². The fourth-order valence-electron chi connectivity index (χ4n) is 8.84. The first kappa shape index (κ1) is 65.3. The van der Waals surface area contributed by atoms with Crippen LogP contribution >= 0.6 is 7.82 Å². The maximum atomic E-state index is 16.4. The first-order chi connectivity index (χ1) is 34.9. The van der Waals surface area contributed by atoms with Crippen molar-refractivity contribution < 1.29 is 60.2 Å². The van der Waals surface area contributed by atoms with Crippen LogP contribution in [0.1, 0.15) is 270 Å². The highest BCUT2D eigenvalue weighted by molar-refractivity contribution is 7.48. The number of aryl methyl sites for hydroxylation is 1. The SMILES string of the molecule is CCCCCCCCCCCCCCCCC(=O)O[C@@H]1[C@@H](COP(=O)(OCOC(=O)CCCCCCCCCCCC)OCOC(=O)CCCCCCCCCCCC)O[C@@H](n2ccc(C)nc2=O)C1(F)F. The van der Waals surface area contributed by atoms with Gasteiger partial charge in [0, 0.05) is 31.2 Å². The van der Waals surface area contributed by atoms with E-state index in [2.05, 4.69) is 25.8 Å². The summed E-state index contributed by atoms with van der Waals surface area (Å²) >= 11 is 0. The molecule has 14 nitrogen and oxygen atoms in total. The van der Waals surface area contributed by atoms with Gasteiger partial charge in [0.15, 0.2) is 6.10 Å². The number of aromatic nitrogens is 2. The highest BCUT2D eigenvalue weighted by atomic mass is 31.2. The smallest absolute Gasteiger partial charge is 0.453 e. The van der Waals surface area contributed by atoms with Crippen molar-refractivity contribution in [3.05, 3.63) is 28.4 Å². The second-order valence-corrected chi connectivity index (χ2v) is 21.5. The summed E-state index contributed by atoms with van der Waals surface area (Å²) in [5, 5.41) is 0. The van der Waals surface area contributed by atoms with Gasteiger partial charge in [0.1, 0.15) is 6.10 Å². The number of carbonyl (C=O) groups excluding carboxylic acids is 3. The number of nitrogens with zero attached hydrogens (tertiary/aromatic N) is 2. The Kier molecular flexibility index (Phi) is 37.6. The lowest BCUT2D eigenvalue weighted by atomic mass is 10.0. The standard InChI is InChI=1S/C55H97F2N2O12P/c1-5-8-11-14-17-20-23-24-25-26-29-32-35-38-41-51(62)71-52-48(70-53(55(52,56)57)59-43-42-47(4)58-54(59)63)44-67-72(64,68-45-65-49(60)39-36-33-30-27-21-18-15-12-9-6-2)69-46-66-50(61)40-37-34-31-28-22-19-16-13-10-7-3/h42-43,48,52-53H,5-41,44-46H2,1-4H3/t48-,52-,53-/m1/s1. The third kappa shape index (κ3) is 30.6. The number of hydrogen-bond donors (Lipinski definition) is 0. The van der Waals surface area contributed by atoms with Gasteiger partial charge in [-0.25, -0.2) is 18.4 Å². The minimum atomic E-state index is -4.85.